The third kappa shape index (κ3) is 2.93. The molecule has 2 rings (SSSR count). The Morgan fingerprint density at radius 3 is 2.89 bits per heavy atom. The standard InChI is InChI=1S/C12H19N5O2/c1-7(9-4-15-17(3)8(9)2)16-12(19)10-5-14-11(18)6-13-10/h4,7,10,13H,5-6H2,1-3H3,(H,14,18)(H,16,19). The lowest BCUT2D eigenvalue weighted by molar-refractivity contribution is -0.127. The minimum absolute atomic E-state index is 0.0831. The molecule has 1 aliphatic heterocycles. The number of aromatic nitrogens is 2. The van der Waals surface area contributed by atoms with E-state index in [1.165, 1.54) is 0 Å². The Hall–Kier alpha value is -1.89. The highest BCUT2D eigenvalue weighted by atomic mass is 16.2. The molecular weight excluding hydrogens is 246 g/mol. The Labute approximate surface area is 111 Å². The van der Waals surface area contributed by atoms with E-state index in [2.05, 4.69) is 21.0 Å². The number of carbonyl (C=O) groups excluding carboxylic acids is 2. The molecule has 1 aliphatic rings. The Balaban J connectivity index is 1.95. The molecular formula is C12H19N5O2. The van der Waals surface area contributed by atoms with Crippen LogP contribution in [-0.4, -0.2) is 40.7 Å². The maximum absolute atomic E-state index is 12.1. The highest BCUT2D eigenvalue weighted by Crippen LogP contribution is 2.15. The van der Waals surface area contributed by atoms with Crippen molar-refractivity contribution >= 4 is 11.8 Å². The summed E-state index contributed by atoms with van der Waals surface area (Å²) in [6.07, 6.45) is 1.76. The van der Waals surface area contributed by atoms with Crippen LogP contribution < -0.4 is 16.0 Å². The van der Waals surface area contributed by atoms with Crippen LogP contribution in [0.2, 0.25) is 0 Å². The fraction of sp³-hybridized carbons (Fsp3) is 0.583. The first-order valence-electron chi connectivity index (χ1n) is 6.28. The molecule has 0 radical (unpaired) electrons. The molecule has 2 amide bonds. The van der Waals surface area contributed by atoms with Crippen molar-refractivity contribution in [3.8, 4) is 0 Å². The van der Waals surface area contributed by atoms with E-state index in [9.17, 15) is 9.59 Å². The minimum atomic E-state index is -0.378. The molecule has 0 aliphatic carbocycles. The number of piperazine rings is 1. The number of carbonyl (C=O) groups is 2. The predicted octanol–water partition coefficient (Wildman–Crippen LogP) is -1.01. The van der Waals surface area contributed by atoms with Crippen LogP contribution in [0.15, 0.2) is 6.20 Å². The van der Waals surface area contributed by atoms with Gasteiger partial charge in [-0.15, -0.1) is 0 Å². The van der Waals surface area contributed by atoms with E-state index in [-0.39, 0.29) is 30.4 Å². The van der Waals surface area contributed by atoms with E-state index in [1.807, 2.05) is 20.9 Å². The van der Waals surface area contributed by atoms with Crippen LogP contribution in [-0.2, 0) is 16.6 Å². The second kappa shape index (κ2) is 5.40. The first kappa shape index (κ1) is 13.5. The van der Waals surface area contributed by atoms with Gasteiger partial charge in [0.2, 0.25) is 11.8 Å². The second-order valence-corrected chi connectivity index (χ2v) is 4.78. The van der Waals surface area contributed by atoms with Gasteiger partial charge in [0, 0.05) is 24.8 Å². The molecule has 2 atom stereocenters. The molecule has 3 N–H and O–H groups in total. The summed E-state index contributed by atoms with van der Waals surface area (Å²) in [7, 11) is 1.87. The van der Waals surface area contributed by atoms with Crippen molar-refractivity contribution in [3.63, 3.8) is 0 Å². The van der Waals surface area contributed by atoms with Gasteiger partial charge in [-0.25, -0.2) is 0 Å². The lowest BCUT2D eigenvalue weighted by Crippen LogP contribution is -2.58. The zero-order valence-corrected chi connectivity index (χ0v) is 11.4. The van der Waals surface area contributed by atoms with Gasteiger partial charge in [0.25, 0.3) is 0 Å². The quantitative estimate of drug-likeness (QED) is 0.654. The average molecular weight is 265 g/mol. The molecule has 7 nitrogen and oxygen atoms in total. The van der Waals surface area contributed by atoms with Crippen molar-refractivity contribution in [2.45, 2.75) is 25.9 Å². The summed E-state index contributed by atoms with van der Waals surface area (Å²) < 4.78 is 1.77. The van der Waals surface area contributed by atoms with Crippen molar-refractivity contribution < 1.29 is 9.59 Å². The summed E-state index contributed by atoms with van der Waals surface area (Å²) in [5.74, 6) is -0.198. The predicted molar refractivity (Wildman–Crippen MR) is 69.3 cm³/mol. The van der Waals surface area contributed by atoms with E-state index in [0.29, 0.717) is 6.54 Å². The molecule has 1 aromatic rings. The van der Waals surface area contributed by atoms with Crippen molar-refractivity contribution in [1.82, 2.24) is 25.7 Å². The summed E-state index contributed by atoms with van der Waals surface area (Å²) in [5, 5.41) is 12.7. The molecule has 1 aromatic heterocycles. The Morgan fingerprint density at radius 2 is 2.37 bits per heavy atom. The van der Waals surface area contributed by atoms with Crippen molar-refractivity contribution in [2.75, 3.05) is 13.1 Å². The van der Waals surface area contributed by atoms with Crippen LogP contribution >= 0.6 is 0 Å². The summed E-state index contributed by atoms with van der Waals surface area (Å²) in [5.41, 5.74) is 2.02. The summed E-state index contributed by atoms with van der Waals surface area (Å²) in [4.78, 5) is 23.1. The fourth-order valence-electron chi connectivity index (χ4n) is 2.08. The van der Waals surface area contributed by atoms with Crippen LogP contribution in [0.4, 0.5) is 0 Å². The lowest BCUT2D eigenvalue weighted by Gasteiger charge is -2.25. The number of hydrogen-bond donors (Lipinski definition) is 3. The van der Waals surface area contributed by atoms with E-state index < -0.39 is 0 Å². The third-order valence-electron chi connectivity index (χ3n) is 3.43. The topological polar surface area (TPSA) is 88.1 Å². The highest BCUT2D eigenvalue weighted by Gasteiger charge is 2.25. The highest BCUT2D eigenvalue weighted by molar-refractivity contribution is 5.86. The maximum atomic E-state index is 12.1. The van der Waals surface area contributed by atoms with Crippen molar-refractivity contribution in [1.29, 1.82) is 0 Å². The molecule has 0 aromatic carbocycles. The number of nitrogens with one attached hydrogen (secondary N) is 3. The molecule has 0 saturated carbocycles. The molecule has 1 fully saturated rings. The Bertz CT molecular complexity index is 486. The minimum Gasteiger partial charge on any atom is -0.353 e. The van der Waals surface area contributed by atoms with Crippen LogP contribution in [0.3, 0.4) is 0 Å². The number of aryl methyl sites for hydroxylation is 1. The normalized spacial score (nSPS) is 20.8. The summed E-state index contributed by atoms with van der Waals surface area (Å²) in [6.45, 7) is 4.38. The zero-order chi connectivity index (χ0) is 14.0. The third-order valence-corrected chi connectivity index (χ3v) is 3.43. The van der Waals surface area contributed by atoms with Gasteiger partial charge in [-0.3, -0.25) is 19.6 Å². The van der Waals surface area contributed by atoms with Gasteiger partial charge in [0.1, 0.15) is 6.04 Å². The summed E-state index contributed by atoms with van der Waals surface area (Å²) in [6, 6.07) is -0.488. The van der Waals surface area contributed by atoms with Gasteiger partial charge in [-0.2, -0.15) is 5.10 Å². The van der Waals surface area contributed by atoms with Crippen molar-refractivity contribution in [3.05, 3.63) is 17.5 Å². The molecule has 1 saturated heterocycles. The number of nitrogens with zero attached hydrogens (tertiary/aromatic N) is 2. The summed E-state index contributed by atoms with van der Waals surface area (Å²) >= 11 is 0. The van der Waals surface area contributed by atoms with Crippen LogP contribution in [0, 0.1) is 6.92 Å². The average Bonchev–Trinajstić information content (AvgIpc) is 2.70. The number of amides is 2. The molecule has 7 heteroatoms. The maximum Gasteiger partial charge on any atom is 0.239 e. The number of hydrogen-bond acceptors (Lipinski definition) is 4. The molecule has 2 unspecified atom stereocenters. The Kier molecular flexibility index (Phi) is 3.84. The first-order chi connectivity index (χ1) is 8.99. The van der Waals surface area contributed by atoms with Gasteiger partial charge in [0.05, 0.1) is 18.8 Å². The molecule has 2 heterocycles. The molecule has 19 heavy (non-hydrogen) atoms. The van der Waals surface area contributed by atoms with Crippen LogP contribution in [0.1, 0.15) is 24.2 Å². The fourth-order valence-corrected chi connectivity index (χ4v) is 2.08. The van der Waals surface area contributed by atoms with Crippen LogP contribution in [0.5, 0.6) is 0 Å². The van der Waals surface area contributed by atoms with E-state index in [0.717, 1.165) is 11.3 Å². The van der Waals surface area contributed by atoms with E-state index in [4.69, 9.17) is 0 Å². The van der Waals surface area contributed by atoms with Gasteiger partial charge < -0.3 is 10.6 Å². The molecule has 0 bridgehead atoms. The van der Waals surface area contributed by atoms with Crippen molar-refractivity contribution in [2.24, 2.45) is 7.05 Å². The second-order valence-electron chi connectivity index (χ2n) is 4.78. The van der Waals surface area contributed by atoms with Crippen LogP contribution in [0.25, 0.3) is 0 Å². The molecule has 104 valence electrons. The monoisotopic (exact) mass is 265 g/mol. The zero-order valence-electron chi connectivity index (χ0n) is 11.4. The largest absolute Gasteiger partial charge is 0.353 e. The lowest BCUT2D eigenvalue weighted by atomic mass is 10.1. The smallest absolute Gasteiger partial charge is 0.239 e. The van der Waals surface area contributed by atoms with Gasteiger partial charge >= 0.3 is 0 Å². The molecule has 0 spiro atoms. The number of rotatable bonds is 3. The van der Waals surface area contributed by atoms with E-state index >= 15 is 0 Å². The van der Waals surface area contributed by atoms with Gasteiger partial charge in [-0.1, -0.05) is 0 Å². The van der Waals surface area contributed by atoms with E-state index in [1.54, 1.807) is 10.9 Å². The van der Waals surface area contributed by atoms with Gasteiger partial charge in [-0.05, 0) is 13.8 Å². The first-order valence-corrected chi connectivity index (χ1v) is 6.28. The Morgan fingerprint density at radius 1 is 1.63 bits per heavy atom. The van der Waals surface area contributed by atoms with Gasteiger partial charge in [0.15, 0.2) is 0 Å². The SMILES string of the molecule is Cc1c(C(C)NC(=O)C2CNC(=O)CN2)cnn1C.